The first-order valence-electron chi connectivity index (χ1n) is 10.0. The minimum Gasteiger partial charge on any atom is -0.497 e. The third-order valence-electron chi connectivity index (χ3n) is 5.55. The number of nitrogens with zero attached hydrogens (tertiary/aromatic N) is 2. The van der Waals surface area contributed by atoms with Gasteiger partial charge < -0.3 is 10.1 Å². The van der Waals surface area contributed by atoms with Gasteiger partial charge in [-0.05, 0) is 42.0 Å². The first kappa shape index (κ1) is 19.4. The number of rotatable bonds is 4. The molecule has 154 valence electrons. The molecule has 3 aromatic carbocycles. The van der Waals surface area contributed by atoms with E-state index in [1.165, 1.54) is 0 Å². The second-order valence-corrected chi connectivity index (χ2v) is 7.88. The van der Waals surface area contributed by atoms with Gasteiger partial charge in [0, 0.05) is 28.5 Å². The van der Waals surface area contributed by atoms with E-state index in [0.717, 1.165) is 33.8 Å². The topological polar surface area (TPSA) is 56.1 Å². The van der Waals surface area contributed by atoms with Gasteiger partial charge in [0.15, 0.2) is 0 Å². The summed E-state index contributed by atoms with van der Waals surface area (Å²) in [7, 11) is 1.64. The van der Waals surface area contributed by atoms with Crippen LogP contribution in [0.4, 0.5) is 5.82 Å². The van der Waals surface area contributed by atoms with Gasteiger partial charge in [-0.3, -0.25) is 4.79 Å². The van der Waals surface area contributed by atoms with E-state index in [0.29, 0.717) is 17.3 Å². The fourth-order valence-electron chi connectivity index (χ4n) is 4.05. The standard InChI is InChI=1S/C25H20ClN3O2/c1-31-20-13-9-16(10-14-20)21-15-22(30)27-25-23(21)24(17-7-11-18(26)12-8-17)28-29(25)19-5-3-2-4-6-19/h2-14,21H,15H2,1H3,(H,27,30)/t21-/m0/s1. The molecule has 4 aromatic rings. The van der Waals surface area contributed by atoms with E-state index in [4.69, 9.17) is 21.4 Å². The minimum atomic E-state index is -0.127. The second-order valence-electron chi connectivity index (χ2n) is 7.44. The summed E-state index contributed by atoms with van der Waals surface area (Å²) in [4.78, 5) is 12.7. The van der Waals surface area contributed by atoms with Crippen molar-refractivity contribution in [3.05, 3.63) is 95.0 Å². The zero-order valence-electron chi connectivity index (χ0n) is 16.9. The molecule has 1 N–H and O–H groups in total. The van der Waals surface area contributed by atoms with Gasteiger partial charge in [0.25, 0.3) is 0 Å². The molecule has 2 heterocycles. The van der Waals surface area contributed by atoms with E-state index in [2.05, 4.69) is 5.32 Å². The van der Waals surface area contributed by atoms with Gasteiger partial charge in [-0.15, -0.1) is 0 Å². The van der Waals surface area contributed by atoms with Crippen LogP contribution in [0, 0.1) is 0 Å². The normalized spacial score (nSPS) is 15.3. The Kier molecular flexibility index (Phi) is 4.96. The van der Waals surface area contributed by atoms with Crippen molar-refractivity contribution < 1.29 is 9.53 Å². The Labute approximate surface area is 185 Å². The summed E-state index contributed by atoms with van der Waals surface area (Å²) in [5.41, 5.74) is 4.70. The van der Waals surface area contributed by atoms with E-state index in [9.17, 15) is 4.79 Å². The smallest absolute Gasteiger partial charge is 0.226 e. The molecule has 0 fully saturated rings. The van der Waals surface area contributed by atoms with Crippen molar-refractivity contribution >= 4 is 23.3 Å². The third-order valence-corrected chi connectivity index (χ3v) is 5.81. The zero-order chi connectivity index (χ0) is 21.4. The summed E-state index contributed by atoms with van der Waals surface area (Å²) in [5.74, 6) is 1.32. The fourth-order valence-corrected chi connectivity index (χ4v) is 4.17. The van der Waals surface area contributed by atoms with Crippen molar-refractivity contribution in [1.82, 2.24) is 9.78 Å². The summed E-state index contributed by atoms with van der Waals surface area (Å²) < 4.78 is 7.12. The highest BCUT2D eigenvalue weighted by Gasteiger charge is 2.34. The molecule has 1 aromatic heterocycles. The Morgan fingerprint density at radius 3 is 2.39 bits per heavy atom. The zero-order valence-corrected chi connectivity index (χ0v) is 17.6. The van der Waals surface area contributed by atoms with Gasteiger partial charge >= 0.3 is 0 Å². The van der Waals surface area contributed by atoms with Crippen LogP contribution in [0.1, 0.15) is 23.5 Å². The van der Waals surface area contributed by atoms with Crippen LogP contribution >= 0.6 is 11.6 Å². The number of ether oxygens (including phenoxy) is 1. The average molecular weight is 430 g/mol. The Morgan fingerprint density at radius 2 is 1.71 bits per heavy atom. The predicted molar refractivity (Wildman–Crippen MR) is 122 cm³/mol. The van der Waals surface area contributed by atoms with Crippen LogP contribution in [-0.4, -0.2) is 22.8 Å². The van der Waals surface area contributed by atoms with Crippen LogP contribution in [0.15, 0.2) is 78.9 Å². The third kappa shape index (κ3) is 3.57. The number of amides is 1. The Hall–Kier alpha value is -3.57. The van der Waals surface area contributed by atoms with Gasteiger partial charge in [-0.2, -0.15) is 5.10 Å². The molecule has 1 aliphatic heterocycles. The van der Waals surface area contributed by atoms with Crippen LogP contribution in [0.3, 0.4) is 0 Å². The quantitative estimate of drug-likeness (QED) is 0.454. The van der Waals surface area contributed by atoms with Crippen LogP contribution < -0.4 is 10.1 Å². The molecule has 5 rings (SSSR count). The molecule has 0 aliphatic carbocycles. The molecule has 5 nitrogen and oxygen atoms in total. The second kappa shape index (κ2) is 7.93. The molecular weight excluding hydrogens is 410 g/mol. The molecule has 1 atom stereocenters. The number of aromatic nitrogens is 2. The number of hydrogen-bond donors (Lipinski definition) is 1. The molecule has 31 heavy (non-hydrogen) atoms. The van der Waals surface area contributed by atoms with Crippen LogP contribution in [0.5, 0.6) is 5.75 Å². The number of methoxy groups -OCH3 is 1. The highest BCUT2D eigenvalue weighted by Crippen LogP contribution is 2.44. The number of carbonyl (C=O) groups excluding carboxylic acids is 1. The van der Waals surface area contributed by atoms with Crippen molar-refractivity contribution in [3.8, 4) is 22.7 Å². The maximum Gasteiger partial charge on any atom is 0.226 e. The molecular formula is C25H20ClN3O2. The van der Waals surface area contributed by atoms with Crippen molar-refractivity contribution in [2.24, 2.45) is 0 Å². The number of para-hydroxylation sites is 1. The average Bonchev–Trinajstić information content (AvgIpc) is 3.19. The lowest BCUT2D eigenvalue weighted by Gasteiger charge is -2.25. The lowest BCUT2D eigenvalue weighted by molar-refractivity contribution is -0.116. The summed E-state index contributed by atoms with van der Waals surface area (Å²) in [6, 6.07) is 25.3. The lowest BCUT2D eigenvalue weighted by atomic mass is 9.84. The number of benzene rings is 3. The highest BCUT2D eigenvalue weighted by atomic mass is 35.5. The largest absolute Gasteiger partial charge is 0.497 e. The van der Waals surface area contributed by atoms with Crippen LogP contribution in [-0.2, 0) is 4.79 Å². The minimum absolute atomic E-state index is 0.0342. The molecule has 0 radical (unpaired) electrons. The SMILES string of the molecule is COc1ccc([C@@H]2CC(=O)Nc3c2c(-c2ccc(Cl)cc2)nn3-c2ccccc2)cc1. The molecule has 0 saturated carbocycles. The van der Waals surface area contributed by atoms with Crippen molar-refractivity contribution in [1.29, 1.82) is 0 Å². The maximum atomic E-state index is 12.7. The van der Waals surface area contributed by atoms with Gasteiger partial charge in [0.2, 0.25) is 5.91 Å². The summed E-state index contributed by atoms with van der Waals surface area (Å²) in [6.07, 6.45) is 0.348. The van der Waals surface area contributed by atoms with Gasteiger partial charge in [-0.25, -0.2) is 4.68 Å². The Balaban J connectivity index is 1.74. The summed E-state index contributed by atoms with van der Waals surface area (Å²) in [6.45, 7) is 0. The summed E-state index contributed by atoms with van der Waals surface area (Å²) in [5, 5.41) is 8.67. The molecule has 0 spiro atoms. The molecule has 0 unspecified atom stereocenters. The van der Waals surface area contributed by atoms with Crippen molar-refractivity contribution in [2.75, 3.05) is 12.4 Å². The summed E-state index contributed by atoms with van der Waals surface area (Å²) >= 11 is 6.12. The van der Waals surface area contributed by atoms with Gasteiger partial charge in [0.1, 0.15) is 11.6 Å². The number of carbonyl (C=O) groups is 1. The first-order chi connectivity index (χ1) is 15.1. The highest BCUT2D eigenvalue weighted by molar-refractivity contribution is 6.30. The monoisotopic (exact) mass is 429 g/mol. The van der Waals surface area contributed by atoms with E-state index in [1.54, 1.807) is 7.11 Å². The molecule has 1 aliphatic rings. The van der Waals surface area contributed by atoms with Crippen LogP contribution in [0.25, 0.3) is 16.9 Å². The van der Waals surface area contributed by atoms with Crippen LogP contribution in [0.2, 0.25) is 5.02 Å². The van der Waals surface area contributed by atoms with E-state index >= 15 is 0 Å². The van der Waals surface area contributed by atoms with E-state index in [-0.39, 0.29) is 11.8 Å². The Bertz CT molecular complexity index is 1230. The molecule has 0 bridgehead atoms. The van der Waals surface area contributed by atoms with E-state index in [1.807, 2.05) is 83.5 Å². The number of nitrogens with one attached hydrogen (secondary N) is 1. The number of fused-ring (bicyclic) bond motifs is 1. The lowest BCUT2D eigenvalue weighted by Crippen LogP contribution is -2.24. The number of anilines is 1. The van der Waals surface area contributed by atoms with E-state index < -0.39 is 0 Å². The fraction of sp³-hybridized carbons (Fsp3) is 0.120. The van der Waals surface area contributed by atoms with Crippen molar-refractivity contribution in [2.45, 2.75) is 12.3 Å². The first-order valence-corrected chi connectivity index (χ1v) is 10.4. The maximum absolute atomic E-state index is 12.7. The number of hydrogen-bond acceptors (Lipinski definition) is 3. The molecule has 1 amide bonds. The Morgan fingerprint density at radius 1 is 1.00 bits per heavy atom. The van der Waals surface area contributed by atoms with Gasteiger partial charge in [-0.1, -0.05) is 54.1 Å². The predicted octanol–water partition coefficient (Wildman–Crippen LogP) is 5.68. The van der Waals surface area contributed by atoms with Crippen molar-refractivity contribution in [3.63, 3.8) is 0 Å². The molecule has 6 heteroatoms. The number of halogens is 1. The van der Waals surface area contributed by atoms with Gasteiger partial charge in [0.05, 0.1) is 18.5 Å². The molecule has 0 saturated heterocycles.